The minimum Gasteiger partial charge on any atom is -0.351 e. The summed E-state index contributed by atoms with van der Waals surface area (Å²) < 4.78 is 14.3. The van der Waals surface area contributed by atoms with E-state index < -0.39 is 11.7 Å². The molecule has 1 aliphatic heterocycles. The van der Waals surface area contributed by atoms with Gasteiger partial charge in [-0.15, -0.1) is 0 Å². The Morgan fingerprint density at radius 3 is 2.79 bits per heavy atom. The molecule has 0 radical (unpaired) electrons. The molecule has 0 atom stereocenters. The van der Waals surface area contributed by atoms with Gasteiger partial charge < -0.3 is 10.2 Å². The molecular weight excluding hydrogens is 329 g/mol. The lowest BCUT2D eigenvalue weighted by Gasteiger charge is -2.15. The lowest BCUT2D eigenvalue weighted by molar-refractivity contribution is 0.0946. The van der Waals surface area contributed by atoms with Crippen LogP contribution in [0, 0.1) is 5.82 Å². The Balaban J connectivity index is 1.65. The third-order valence-corrected chi connectivity index (χ3v) is 4.46. The number of carbonyl (C=O) groups is 1. The molecule has 1 aromatic heterocycles. The van der Waals surface area contributed by atoms with E-state index in [1.807, 2.05) is 0 Å². The number of aromatic nitrogens is 1. The van der Waals surface area contributed by atoms with Crippen molar-refractivity contribution in [2.24, 2.45) is 0 Å². The average Bonchev–Trinajstić information content (AvgIpc) is 3.08. The van der Waals surface area contributed by atoms with Crippen LogP contribution in [0.15, 0.2) is 36.5 Å². The molecular formula is C18H19ClFN3O. The van der Waals surface area contributed by atoms with Crippen LogP contribution < -0.4 is 5.32 Å². The minimum atomic E-state index is -0.576. The number of carbonyl (C=O) groups excluding carboxylic acids is 1. The largest absolute Gasteiger partial charge is 0.351 e. The molecule has 6 heteroatoms. The maximum Gasteiger partial charge on any atom is 0.254 e. The standard InChI is InChI=1S/C18H19ClFN3O/c19-15-4-3-7-21-17(15)13-5-6-14(16(20)12-13)18(24)22-8-11-23-9-1-2-10-23/h3-7,12H,1-2,8-11H2,(H,22,24). The number of halogens is 2. The van der Waals surface area contributed by atoms with Crippen molar-refractivity contribution in [2.75, 3.05) is 26.2 Å². The van der Waals surface area contributed by atoms with Crippen LogP contribution >= 0.6 is 11.6 Å². The van der Waals surface area contributed by atoms with Gasteiger partial charge in [-0.05, 0) is 50.2 Å². The summed E-state index contributed by atoms with van der Waals surface area (Å²) in [7, 11) is 0. The average molecular weight is 348 g/mol. The number of likely N-dealkylation sites (tertiary alicyclic amines) is 1. The first kappa shape index (κ1) is 16.9. The number of nitrogens with zero attached hydrogens (tertiary/aromatic N) is 2. The molecule has 0 aliphatic carbocycles. The van der Waals surface area contributed by atoms with Crippen LogP contribution in [-0.2, 0) is 0 Å². The number of pyridine rings is 1. The molecule has 1 fully saturated rings. The van der Waals surface area contributed by atoms with Gasteiger partial charge in [0.05, 0.1) is 16.3 Å². The maximum absolute atomic E-state index is 14.3. The minimum absolute atomic E-state index is 0.0345. The number of nitrogens with one attached hydrogen (secondary N) is 1. The third kappa shape index (κ3) is 3.91. The Hall–Kier alpha value is -1.98. The highest BCUT2D eigenvalue weighted by molar-refractivity contribution is 6.33. The summed E-state index contributed by atoms with van der Waals surface area (Å²) in [5.41, 5.74) is 1.08. The number of hydrogen-bond donors (Lipinski definition) is 1. The van der Waals surface area contributed by atoms with Crippen molar-refractivity contribution in [3.05, 3.63) is 52.9 Å². The molecule has 4 nitrogen and oxygen atoms in total. The SMILES string of the molecule is O=C(NCCN1CCCC1)c1ccc(-c2ncccc2Cl)cc1F. The summed E-state index contributed by atoms with van der Waals surface area (Å²) in [6.45, 7) is 3.47. The zero-order chi connectivity index (χ0) is 16.9. The van der Waals surface area contributed by atoms with E-state index in [9.17, 15) is 9.18 Å². The van der Waals surface area contributed by atoms with Crippen molar-refractivity contribution >= 4 is 17.5 Å². The number of amides is 1. The molecule has 1 N–H and O–H groups in total. The third-order valence-electron chi connectivity index (χ3n) is 4.16. The van der Waals surface area contributed by atoms with Crippen molar-refractivity contribution in [1.29, 1.82) is 0 Å². The van der Waals surface area contributed by atoms with Gasteiger partial charge in [0, 0.05) is 24.8 Å². The number of rotatable bonds is 5. The summed E-state index contributed by atoms with van der Waals surface area (Å²) in [6.07, 6.45) is 4.01. The van der Waals surface area contributed by atoms with Gasteiger partial charge in [0.25, 0.3) is 5.91 Å². The Labute approximate surface area is 145 Å². The zero-order valence-corrected chi connectivity index (χ0v) is 14.0. The lowest BCUT2D eigenvalue weighted by atomic mass is 10.1. The maximum atomic E-state index is 14.3. The van der Waals surface area contributed by atoms with Gasteiger partial charge in [-0.1, -0.05) is 17.7 Å². The Kier molecular flexibility index (Phi) is 5.43. The summed E-state index contributed by atoms with van der Waals surface area (Å²) in [5, 5.41) is 3.22. The summed E-state index contributed by atoms with van der Waals surface area (Å²) in [6, 6.07) is 7.84. The molecule has 1 saturated heterocycles. The molecule has 24 heavy (non-hydrogen) atoms. The molecule has 0 bridgehead atoms. The molecule has 3 rings (SSSR count). The van der Waals surface area contributed by atoms with Gasteiger partial charge in [0.15, 0.2) is 0 Å². The smallest absolute Gasteiger partial charge is 0.254 e. The van der Waals surface area contributed by atoms with Crippen LogP contribution in [0.4, 0.5) is 4.39 Å². The van der Waals surface area contributed by atoms with Crippen molar-refractivity contribution in [2.45, 2.75) is 12.8 Å². The molecule has 1 amide bonds. The fourth-order valence-electron chi connectivity index (χ4n) is 2.87. The summed E-state index contributed by atoms with van der Waals surface area (Å²) in [4.78, 5) is 18.6. The normalized spacial score (nSPS) is 14.8. The number of benzene rings is 1. The van der Waals surface area contributed by atoms with Gasteiger partial charge in [-0.3, -0.25) is 9.78 Å². The summed E-state index contributed by atoms with van der Waals surface area (Å²) in [5.74, 6) is -0.974. The molecule has 2 heterocycles. The number of hydrogen-bond acceptors (Lipinski definition) is 3. The second kappa shape index (κ2) is 7.73. The van der Waals surface area contributed by atoms with E-state index in [1.54, 1.807) is 24.4 Å². The first-order valence-electron chi connectivity index (χ1n) is 8.06. The molecule has 0 saturated carbocycles. The molecule has 0 spiro atoms. The molecule has 2 aromatic rings. The molecule has 126 valence electrons. The summed E-state index contributed by atoms with van der Waals surface area (Å²) >= 11 is 6.08. The Morgan fingerprint density at radius 2 is 2.08 bits per heavy atom. The van der Waals surface area contributed by atoms with Gasteiger partial charge in [0.2, 0.25) is 0 Å². The van der Waals surface area contributed by atoms with Gasteiger partial charge in [-0.25, -0.2) is 4.39 Å². The van der Waals surface area contributed by atoms with Crippen LogP contribution in [0.3, 0.4) is 0 Å². The first-order valence-corrected chi connectivity index (χ1v) is 8.44. The van der Waals surface area contributed by atoms with Gasteiger partial charge in [0.1, 0.15) is 5.82 Å². The quantitative estimate of drug-likeness (QED) is 0.902. The van der Waals surface area contributed by atoms with Crippen molar-refractivity contribution < 1.29 is 9.18 Å². The Morgan fingerprint density at radius 1 is 1.29 bits per heavy atom. The van der Waals surface area contributed by atoms with E-state index in [4.69, 9.17) is 11.6 Å². The zero-order valence-electron chi connectivity index (χ0n) is 13.3. The molecule has 0 unspecified atom stereocenters. The first-order chi connectivity index (χ1) is 11.6. The monoisotopic (exact) mass is 347 g/mol. The molecule has 1 aliphatic rings. The van der Waals surface area contributed by atoms with Crippen LogP contribution in [0.2, 0.25) is 5.02 Å². The second-order valence-electron chi connectivity index (χ2n) is 5.83. The van der Waals surface area contributed by atoms with E-state index in [-0.39, 0.29) is 5.56 Å². The highest BCUT2D eigenvalue weighted by Crippen LogP contribution is 2.26. The Bertz CT molecular complexity index is 732. The predicted molar refractivity (Wildman–Crippen MR) is 92.6 cm³/mol. The highest BCUT2D eigenvalue weighted by atomic mass is 35.5. The van der Waals surface area contributed by atoms with Gasteiger partial charge in [-0.2, -0.15) is 0 Å². The predicted octanol–water partition coefficient (Wildman–Crippen LogP) is 3.37. The molecule has 1 aromatic carbocycles. The van der Waals surface area contributed by atoms with Crippen LogP contribution in [-0.4, -0.2) is 42.0 Å². The van der Waals surface area contributed by atoms with Gasteiger partial charge >= 0.3 is 0 Å². The van der Waals surface area contributed by atoms with Crippen molar-refractivity contribution in [3.63, 3.8) is 0 Å². The van der Waals surface area contributed by atoms with E-state index in [1.165, 1.54) is 25.0 Å². The fourth-order valence-corrected chi connectivity index (χ4v) is 3.10. The van der Waals surface area contributed by atoms with E-state index in [0.717, 1.165) is 19.6 Å². The second-order valence-corrected chi connectivity index (χ2v) is 6.24. The van der Waals surface area contributed by atoms with E-state index in [2.05, 4.69) is 15.2 Å². The van der Waals surface area contributed by atoms with Crippen LogP contribution in [0.1, 0.15) is 23.2 Å². The van der Waals surface area contributed by atoms with Crippen LogP contribution in [0.5, 0.6) is 0 Å². The van der Waals surface area contributed by atoms with Crippen molar-refractivity contribution in [1.82, 2.24) is 15.2 Å². The topological polar surface area (TPSA) is 45.2 Å². The van der Waals surface area contributed by atoms with E-state index >= 15 is 0 Å². The lowest BCUT2D eigenvalue weighted by Crippen LogP contribution is -2.33. The fraction of sp³-hybridized carbons (Fsp3) is 0.333. The highest BCUT2D eigenvalue weighted by Gasteiger charge is 2.15. The van der Waals surface area contributed by atoms with E-state index in [0.29, 0.717) is 22.8 Å². The van der Waals surface area contributed by atoms with Crippen molar-refractivity contribution in [3.8, 4) is 11.3 Å². The van der Waals surface area contributed by atoms with Crippen LogP contribution in [0.25, 0.3) is 11.3 Å².